The summed E-state index contributed by atoms with van der Waals surface area (Å²) >= 11 is 0. The molecule has 0 aromatic rings. The van der Waals surface area contributed by atoms with Crippen LogP contribution in [0.3, 0.4) is 0 Å². The Morgan fingerprint density at radius 3 is 1.95 bits per heavy atom. The first-order valence-electron chi connectivity index (χ1n) is 9.83. The van der Waals surface area contributed by atoms with Gasteiger partial charge in [-0.3, -0.25) is 0 Å². The Balaban J connectivity index is 1.81. The minimum absolute atomic E-state index is 0.836. The molecule has 2 bridgehead atoms. The van der Waals surface area contributed by atoms with Crippen LogP contribution in [-0.2, 0) is 0 Å². The van der Waals surface area contributed by atoms with Crippen molar-refractivity contribution in [1.29, 1.82) is 0 Å². The maximum Gasteiger partial charge on any atom is 0.0821 e. The van der Waals surface area contributed by atoms with Crippen molar-refractivity contribution in [2.75, 3.05) is 47.3 Å². The molecule has 2 nitrogen and oxygen atoms in total. The van der Waals surface area contributed by atoms with Crippen LogP contribution in [0.1, 0.15) is 40.0 Å². The Hall–Kier alpha value is -0.0800. The van der Waals surface area contributed by atoms with Gasteiger partial charge in [-0.15, -0.1) is 0 Å². The molecule has 0 N–H and O–H groups in total. The highest BCUT2D eigenvalue weighted by Gasteiger charge is 2.59. The Morgan fingerprint density at radius 2 is 1.50 bits per heavy atom. The molecule has 0 amide bonds. The van der Waals surface area contributed by atoms with Gasteiger partial charge in [0.2, 0.25) is 0 Å². The van der Waals surface area contributed by atoms with Crippen molar-refractivity contribution in [2.24, 2.45) is 41.4 Å². The van der Waals surface area contributed by atoms with Crippen molar-refractivity contribution >= 4 is 0 Å². The third-order valence-corrected chi connectivity index (χ3v) is 7.29. The highest BCUT2D eigenvalue weighted by Crippen LogP contribution is 2.59. The van der Waals surface area contributed by atoms with Gasteiger partial charge in [0, 0.05) is 24.3 Å². The van der Waals surface area contributed by atoms with Gasteiger partial charge in [-0.25, -0.2) is 0 Å². The number of nitrogens with zero attached hydrogens (tertiary/aromatic N) is 2. The lowest BCUT2D eigenvalue weighted by atomic mass is 9.50. The van der Waals surface area contributed by atoms with Crippen LogP contribution in [0.4, 0.5) is 0 Å². The van der Waals surface area contributed by atoms with Crippen LogP contribution in [0.5, 0.6) is 0 Å². The molecule has 4 aliphatic rings. The van der Waals surface area contributed by atoms with Crippen molar-refractivity contribution in [3.8, 4) is 0 Å². The molecule has 0 aromatic carbocycles. The monoisotopic (exact) mass is 307 g/mol. The molecule has 0 radical (unpaired) electrons. The van der Waals surface area contributed by atoms with Crippen LogP contribution < -0.4 is 0 Å². The fourth-order valence-corrected chi connectivity index (χ4v) is 7.11. The van der Waals surface area contributed by atoms with Gasteiger partial charge >= 0.3 is 0 Å². The number of likely N-dealkylation sites (tertiary alicyclic amines) is 1. The molecule has 22 heavy (non-hydrogen) atoms. The van der Waals surface area contributed by atoms with E-state index in [1.54, 1.807) is 0 Å². The summed E-state index contributed by atoms with van der Waals surface area (Å²) in [6.07, 6.45) is 4.48. The first kappa shape index (κ1) is 16.8. The molecule has 7 unspecified atom stereocenters. The molecule has 0 spiro atoms. The summed E-state index contributed by atoms with van der Waals surface area (Å²) in [6.45, 7) is 13.0. The summed E-state index contributed by atoms with van der Waals surface area (Å²) < 4.78 is 1.37. The lowest BCUT2D eigenvalue weighted by Crippen LogP contribution is -2.52. The number of hydrogen-bond donors (Lipinski definition) is 0. The molecule has 4 fully saturated rings. The summed E-state index contributed by atoms with van der Waals surface area (Å²) in [4.78, 5) is 2.46. The predicted molar refractivity (Wildman–Crippen MR) is 94.6 cm³/mol. The average molecular weight is 308 g/mol. The molecule has 0 aromatic heterocycles. The Labute approximate surface area is 138 Å². The summed E-state index contributed by atoms with van der Waals surface area (Å²) in [6, 6.07) is 0. The van der Waals surface area contributed by atoms with Crippen LogP contribution in [0.2, 0.25) is 0 Å². The third-order valence-electron chi connectivity index (χ3n) is 7.29. The van der Waals surface area contributed by atoms with Gasteiger partial charge in [0.05, 0.1) is 26.7 Å². The van der Waals surface area contributed by atoms with E-state index in [4.69, 9.17) is 0 Å². The standard InChI is InChI=1S/C20H39N2/c1-7-15-16-8-9-17(18(15)10-21(4)5)20-13-22(6,11-14(2)3)12-19(16)20/h14-20H,7-13H2,1-6H3/q+1. The fourth-order valence-electron chi connectivity index (χ4n) is 7.11. The SMILES string of the molecule is CCC1C2CCC(C1CN(C)C)C1C[N+](C)(CC(C)C)CC21. The lowest BCUT2D eigenvalue weighted by Gasteiger charge is -2.54. The summed E-state index contributed by atoms with van der Waals surface area (Å²) in [7, 11) is 7.11. The number of rotatable bonds is 5. The van der Waals surface area contributed by atoms with E-state index in [2.05, 4.69) is 46.8 Å². The van der Waals surface area contributed by atoms with E-state index < -0.39 is 0 Å². The van der Waals surface area contributed by atoms with Crippen LogP contribution in [0.25, 0.3) is 0 Å². The van der Waals surface area contributed by atoms with Crippen molar-refractivity contribution in [2.45, 2.75) is 40.0 Å². The number of hydrogen-bond acceptors (Lipinski definition) is 1. The number of quaternary nitrogens is 1. The second kappa shape index (κ2) is 6.09. The van der Waals surface area contributed by atoms with E-state index in [0.29, 0.717) is 0 Å². The van der Waals surface area contributed by atoms with E-state index in [9.17, 15) is 0 Å². The van der Waals surface area contributed by atoms with E-state index >= 15 is 0 Å². The topological polar surface area (TPSA) is 3.24 Å². The van der Waals surface area contributed by atoms with Crippen molar-refractivity contribution < 1.29 is 4.48 Å². The van der Waals surface area contributed by atoms with Crippen LogP contribution in [-0.4, -0.2) is 56.7 Å². The minimum atomic E-state index is 0.836. The largest absolute Gasteiger partial charge is 0.325 e. The molecule has 7 atom stereocenters. The van der Waals surface area contributed by atoms with Gasteiger partial charge in [-0.05, 0) is 50.6 Å². The van der Waals surface area contributed by atoms with Gasteiger partial charge in [-0.1, -0.05) is 27.2 Å². The summed E-state index contributed by atoms with van der Waals surface area (Å²) in [5.74, 6) is 6.97. The van der Waals surface area contributed by atoms with Crippen LogP contribution in [0, 0.1) is 41.4 Å². The predicted octanol–water partition coefficient (Wildman–Crippen LogP) is 3.58. The molecule has 4 rings (SSSR count). The van der Waals surface area contributed by atoms with E-state index in [1.807, 2.05) is 0 Å². The minimum Gasteiger partial charge on any atom is -0.325 e. The normalized spacial score (nSPS) is 47.5. The van der Waals surface area contributed by atoms with Gasteiger partial charge < -0.3 is 9.38 Å². The highest BCUT2D eigenvalue weighted by molar-refractivity contribution is 5.03. The molecule has 2 heteroatoms. The molecule has 1 saturated heterocycles. The highest BCUT2D eigenvalue weighted by atomic mass is 15.4. The molecular formula is C20H39N2+. The maximum atomic E-state index is 2.56. The molecule has 128 valence electrons. The Bertz CT molecular complexity index is 391. The zero-order valence-electron chi connectivity index (χ0n) is 15.9. The van der Waals surface area contributed by atoms with Crippen molar-refractivity contribution in [3.63, 3.8) is 0 Å². The second-order valence-electron chi connectivity index (χ2n) is 9.79. The number of fused-ring (bicyclic) bond motifs is 2. The first-order valence-corrected chi connectivity index (χ1v) is 9.83. The fraction of sp³-hybridized carbons (Fsp3) is 1.00. The molecule has 1 heterocycles. The maximum absolute atomic E-state index is 2.56. The third kappa shape index (κ3) is 2.86. The molecule has 1 aliphatic heterocycles. The zero-order valence-corrected chi connectivity index (χ0v) is 15.9. The molecular weight excluding hydrogens is 268 g/mol. The van der Waals surface area contributed by atoms with Gasteiger partial charge in [0.25, 0.3) is 0 Å². The zero-order chi connectivity index (χ0) is 16.1. The second-order valence-corrected chi connectivity index (χ2v) is 9.79. The van der Waals surface area contributed by atoms with Crippen molar-refractivity contribution in [1.82, 2.24) is 4.90 Å². The van der Waals surface area contributed by atoms with Gasteiger partial charge in [0.15, 0.2) is 0 Å². The van der Waals surface area contributed by atoms with Crippen molar-refractivity contribution in [3.05, 3.63) is 0 Å². The van der Waals surface area contributed by atoms with E-state index in [0.717, 1.165) is 41.4 Å². The Kier molecular flexibility index (Phi) is 4.64. The van der Waals surface area contributed by atoms with Crippen LogP contribution in [0.15, 0.2) is 0 Å². The Morgan fingerprint density at radius 1 is 0.955 bits per heavy atom. The smallest absolute Gasteiger partial charge is 0.0821 e. The lowest BCUT2D eigenvalue weighted by molar-refractivity contribution is -0.903. The quantitative estimate of drug-likeness (QED) is 0.702. The van der Waals surface area contributed by atoms with Gasteiger partial charge in [-0.2, -0.15) is 0 Å². The van der Waals surface area contributed by atoms with Gasteiger partial charge in [0.1, 0.15) is 0 Å². The summed E-state index contributed by atoms with van der Waals surface area (Å²) in [5, 5.41) is 0. The summed E-state index contributed by atoms with van der Waals surface area (Å²) in [5.41, 5.74) is 0. The van der Waals surface area contributed by atoms with Crippen LogP contribution >= 0.6 is 0 Å². The first-order chi connectivity index (χ1) is 10.3. The molecule has 3 aliphatic carbocycles. The van der Waals surface area contributed by atoms with E-state index in [-0.39, 0.29) is 0 Å². The van der Waals surface area contributed by atoms with E-state index in [1.165, 1.54) is 49.9 Å². The molecule has 3 saturated carbocycles. The average Bonchev–Trinajstić information content (AvgIpc) is 2.75.